The van der Waals surface area contributed by atoms with Crippen LogP contribution in [-0.2, 0) is 4.79 Å². The number of likely N-dealkylation sites (tertiary alicyclic amines) is 1. The minimum atomic E-state index is -0.581. The average molecular weight is 197 g/mol. The van der Waals surface area contributed by atoms with Crippen LogP contribution < -0.4 is 0 Å². The lowest BCUT2D eigenvalue weighted by atomic mass is 9.83. The largest absolute Gasteiger partial charge is 0.481 e. The quantitative estimate of drug-likeness (QED) is 0.746. The molecule has 3 heteroatoms. The zero-order valence-electron chi connectivity index (χ0n) is 8.83. The summed E-state index contributed by atoms with van der Waals surface area (Å²) in [7, 11) is 0. The fourth-order valence-corrected chi connectivity index (χ4v) is 2.62. The van der Waals surface area contributed by atoms with Gasteiger partial charge >= 0.3 is 5.97 Å². The van der Waals surface area contributed by atoms with Crippen LogP contribution >= 0.6 is 0 Å². The van der Waals surface area contributed by atoms with Crippen molar-refractivity contribution in [1.82, 2.24) is 4.90 Å². The Hall–Kier alpha value is -0.570. The Kier molecular flexibility index (Phi) is 2.52. The van der Waals surface area contributed by atoms with Crippen molar-refractivity contribution in [2.45, 2.75) is 45.1 Å². The van der Waals surface area contributed by atoms with Crippen LogP contribution in [0.4, 0.5) is 0 Å². The molecule has 0 aromatic carbocycles. The van der Waals surface area contributed by atoms with Gasteiger partial charge in [-0.1, -0.05) is 13.3 Å². The maximum atomic E-state index is 11.3. The van der Waals surface area contributed by atoms with Crippen LogP contribution in [0.1, 0.15) is 39.0 Å². The number of hydrogen-bond acceptors (Lipinski definition) is 2. The number of carbonyl (C=O) groups is 1. The molecule has 1 N–H and O–H groups in total. The maximum Gasteiger partial charge on any atom is 0.310 e. The zero-order valence-corrected chi connectivity index (χ0v) is 8.83. The zero-order chi connectivity index (χ0) is 10.2. The molecule has 1 aliphatic carbocycles. The van der Waals surface area contributed by atoms with Gasteiger partial charge in [0.15, 0.2) is 0 Å². The molecule has 1 saturated carbocycles. The Labute approximate surface area is 85.1 Å². The molecule has 3 nitrogen and oxygen atoms in total. The summed E-state index contributed by atoms with van der Waals surface area (Å²) in [4.78, 5) is 13.7. The van der Waals surface area contributed by atoms with E-state index in [1.807, 2.05) is 0 Å². The molecule has 1 aliphatic heterocycles. The van der Waals surface area contributed by atoms with Crippen molar-refractivity contribution < 1.29 is 9.90 Å². The number of rotatable bonds is 4. The van der Waals surface area contributed by atoms with Crippen molar-refractivity contribution in [3.8, 4) is 0 Å². The summed E-state index contributed by atoms with van der Waals surface area (Å²) in [5.74, 6) is -0.581. The second-order valence-corrected chi connectivity index (χ2v) is 4.79. The fourth-order valence-electron chi connectivity index (χ4n) is 2.62. The predicted molar refractivity (Wildman–Crippen MR) is 54.2 cm³/mol. The summed E-state index contributed by atoms with van der Waals surface area (Å²) >= 11 is 0. The molecule has 0 radical (unpaired) electrons. The van der Waals surface area contributed by atoms with Crippen LogP contribution in [0, 0.1) is 5.41 Å². The maximum absolute atomic E-state index is 11.3. The van der Waals surface area contributed by atoms with Crippen molar-refractivity contribution >= 4 is 5.97 Å². The van der Waals surface area contributed by atoms with Crippen molar-refractivity contribution in [3.05, 3.63) is 0 Å². The number of aliphatic carboxylic acids is 1. The molecule has 1 unspecified atom stereocenters. The van der Waals surface area contributed by atoms with Crippen LogP contribution in [0.25, 0.3) is 0 Å². The van der Waals surface area contributed by atoms with E-state index in [9.17, 15) is 9.90 Å². The van der Waals surface area contributed by atoms with Crippen molar-refractivity contribution in [3.63, 3.8) is 0 Å². The SMILES string of the molecule is CCCC1(C(=O)O)CCN(C2CC2)C1. The first-order chi connectivity index (χ1) is 6.68. The molecule has 14 heavy (non-hydrogen) atoms. The van der Waals surface area contributed by atoms with E-state index in [4.69, 9.17) is 0 Å². The summed E-state index contributed by atoms with van der Waals surface area (Å²) in [5.41, 5.74) is -0.419. The minimum Gasteiger partial charge on any atom is -0.481 e. The molecule has 2 rings (SSSR count). The molecule has 2 fully saturated rings. The molecule has 2 aliphatic rings. The lowest BCUT2D eigenvalue weighted by Crippen LogP contribution is -2.35. The molecular formula is C11H19NO2. The Morgan fingerprint density at radius 2 is 2.29 bits per heavy atom. The van der Waals surface area contributed by atoms with E-state index in [2.05, 4.69) is 11.8 Å². The number of hydrogen-bond donors (Lipinski definition) is 1. The Morgan fingerprint density at radius 3 is 2.79 bits per heavy atom. The van der Waals surface area contributed by atoms with Gasteiger partial charge in [0.05, 0.1) is 5.41 Å². The summed E-state index contributed by atoms with van der Waals surface area (Å²) in [6, 6.07) is 0.716. The Balaban J connectivity index is 2.02. The van der Waals surface area contributed by atoms with Gasteiger partial charge in [-0.2, -0.15) is 0 Å². The topological polar surface area (TPSA) is 40.5 Å². The highest BCUT2D eigenvalue weighted by atomic mass is 16.4. The van der Waals surface area contributed by atoms with Crippen LogP contribution in [0.15, 0.2) is 0 Å². The first kappa shape index (κ1) is 9.97. The van der Waals surface area contributed by atoms with Crippen LogP contribution in [0.3, 0.4) is 0 Å². The molecular weight excluding hydrogens is 178 g/mol. The van der Waals surface area contributed by atoms with Gasteiger partial charge in [-0.25, -0.2) is 0 Å². The summed E-state index contributed by atoms with van der Waals surface area (Å²) in [6.07, 6.45) is 5.23. The molecule has 1 heterocycles. The lowest BCUT2D eigenvalue weighted by Gasteiger charge is -2.24. The van der Waals surface area contributed by atoms with Crippen molar-refractivity contribution in [2.75, 3.05) is 13.1 Å². The molecule has 80 valence electrons. The van der Waals surface area contributed by atoms with Crippen LogP contribution in [-0.4, -0.2) is 35.1 Å². The van der Waals surface area contributed by atoms with E-state index in [0.717, 1.165) is 32.4 Å². The van der Waals surface area contributed by atoms with Gasteiger partial charge in [-0.05, 0) is 32.2 Å². The van der Waals surface area contributed by atoms with Gasteiger partial charge in [0.1, 0.15) is 0 Å². The molecule has 0 aromatic heterocycles. The summed E-state index contributed by atoms with van der Waals surface area (Å²) in [6.45, 7) is 3.86. The van der Waals surface area contributed by atoms with Crippen LogP contribution in [0.2, 0.25) is 0 Å². The minimum absolute atomic E-state index is 0.419. The molecule has 0 bridgehead atoms. The normalized spacial score (nSPS) is 33.5. The monoisotopic (exact) mass is 197 g/mol. The average Bonchev–Trinajstić information content (AvgIpc) is 2.89. The lowest BCUT2D eigenvalue weighted by molar-refractivity contribution is -0.148. The third kappa shape index (κ3) is 1.65. The van der Waals surface area contributed by atoms with E-state index < -0.39 is 11.4 Å². The van der Waals surface area contributed by atoms with E-state index >= 15 is 0 Å². The Bertz CT molecular complexity index is 237. The number of nitrogens with zero attached hydrogens (tertiary/aromatic N) is 1. The third-order valence-corrected chi connectivity index (χ3v) is 3.63. The molecule has 1 saturated heterocycles. The summed E-state index contributed by atoms with van der Waals surface area (Å²) < 4.78 is 0. The first-order valence-electron chi connectivity index (χ1n) is 5.65. The molecule has 1 atom stereocenters. The van der Waals surface area contributed by atoms with Crippen LogP contribution in [0.5, 0.6) is 0 Å². The fraction of sp³-hybridized carbons (Fsp3) is 0.909. The van der Waals surface area contributed by atoms with Gasteiger partial charge < -0.3 is 5.11 Å². The molecule has 0 aromatic rings. The van der Waals surface area contributed by atoms with Crippen molar-refractivity contribution in [1.29, 1.82) is 0 Å². The van der Waals surface area contributed by atoms with Gasteiger partial charge in [-0.15, -0.1) is 0 Å². The highest BCUT2D eigenvalue weighted by Crippen LogP contribution is 2.40. The molecule has 0 spiro atoms. The van der Waals surface area contributed by atoms with Gasteiger partial charge in [0.25, 0.3) is 0 Å². The standard InChI is InChI=1S/C11H19NO2/c1-2-5-11(10(13)14)6-7-12(8-11)9-3-4-9/h9H,2-8H2,1H3,(H,13,14). The predicted octanol–water partition coefficient (Wildman–Crippen LogP) is 1.73. The first-order valence-corrected chi connectivity index (χ1v) is 5.65. The van der Waals surface area contributed by atoms with Gasteiger partial charge in [0, 0.05) is 12.6 Å². The number of carboxylic acids is 1. The van der Waals surface area contributed by atoms with Crippen molar-refractivity contribution in [2.24, 2.45) is 5.41 Å². The third-order valence-electron chi connectivity index (χ3n) is 3.63. The number of carboxylic acid groups (broad SMARTS) is 1. The second kappa shape index (κ2) is 3.54. The van der Waals surface area contributed by atoms with Gasteiger partial charge in [0.2, 0.25) is 0 Å². The highest BCUT2D eigenvalue weighted by Gasteiger charge is 2.47. The van der Waals surface area contributed by atoms with E-state index in [1.165, 1.54) is 12.8 Å². The smallest absolute Gasteiger partial charge is 0.310 e. The van der Waals surface area contributed by atoms with E-state index in [1.54, 1.807) is 0 Å². The molecule has 0 amide bonds. The van der Waals surface area contributed by atoms with E-state index in [-0.39, 0.29) is 0 Å². The van der Waals surface area contributed by atoms with Gasteiger partial charge in [-0.3, -0.25) is 9.69 Å². The summed E-state index contributed by atoms with van der Waals surface area (Å²) in [5, 5.41) is 9.29. The Morgan fingerprint density at radius 1 is 1.57 bits per heavy atom. The highest BCUT2D eigenvalue weighted by molar-refractivity contribution is 5.75. The van der Waals surface area contributed by atoms with E-state index in [0.29, 0.717) is 6.04 Å². The second-order valence-electron chi connectivity index (χ2n) is 4.79.